The molecule has 46 heavy (non-hydrogen) atoms. The molecule has 0 aliphatic rings. The van der Waals surface area contributed by atoms with Crippen LogP contribution in [0.4, 0.5) is 5.82 Å². The number of rotatable bonds is 16. The number of imidazole rings is 1. The van der Waals surface area contributed by atoms with Crippen LogP contribution in [0, 0.1) is 0 Å². The monoisotopic (exact) mass is 647 g/mol. The van der Waals surface area contributed by atoms with Crippen molar-refractivity contribution in [3.8, 4) is 5.75 Å². The molecule has 5 aromatic rings. The number of benzene rings is 3. The van der Waals surface area contributed by atoms with Gasteiger partial charge in [-0.2, -0.15) is 5.09 Å². The first-order valence-corrected chi connectivity index (χ1v) is 17.3. The van der Waals surface area contributed by atoms with Crippen molar-refractivity contribution in [3.63, 3.8) is 0 Å². The molecule has 244 valence electrons. The number of hydrogen-bond donors (Lipinski definition) is 2. The van der Waals surface area contributed by atoms with Crippen LogP contribution in [0.5, 0.6) is 5.75 Å². The van der Waals surface area contributed by atoms with Crippen molar-refractivity contribution in [1.29, 1.82) is 0 Å². The van der Waals surface area contributed by atoms with E-state index < -0.39 is 19.8 Å². The normalized spacial score (nSPS) is 14.3. The third-order valence-electron chi connectivity index (χ3n) is 7.75. The van der Waals surface area contributed by atoms with Crippen LogP contribution in [0.15, 0.2) is 66.7 Å². The predicted octanol–water partition coefficient (Wildman–Crippen LogP) is 7.33. The number of carbonyl (C=O) groups is 1. The molecule has 5 rings (SSSR count). The average Bonchev–Trinajstić information content (AvgIpc) is 3.44. The Labute approximate surface area is 269 Å². The molecular weight excluding hydrogens is 605 g/mol. The molecule has 0 spiro atoms. The lowest BCUT2D eigenvalue weighted by molar-refractivity contribution is -0.145. The first-order chi connectivity index (χ1) is 22.3. The standard InChI is InChI=1S/C34H42N5O6P/c1-5-8-20-43-34(40)23(4)38-46(41,45-29-19-13-15-24-14-9-10-16-26(24)29)44-21-25(6-2)39-30(22-42-7-3)37-31-32(39)27-17-11-12-18-28(27)36-33(31)35/h9-19,23,25H,5-8,20-22H2,1-4H3,(H2,35,36)(H,38,41)/t23-,25+,46-/m0/s1. The summed E-state index contributed by atoms with van der Waals surface area (Å²) in [6.45, 7) is 8.49. The van der Waals surface area contributed by atoms with E-state index in [-0.39, 0.29) is 25.9 Å². The number of aromatic nitrogens is 3. The van der Waals surface area contributed by atoms with Crippen molar-refractivity contribution in [2.75, 3.05) is 25.6 Å². The van der Waals surface area contributed by atoms with Gasteiger partial charge in [-0.3, -0.25) is 9.32 Å². The van der Waals surface area contributed by atoms with E-state index in [2.05, 4.69) is 10.1 Å². The summed E-state index contributed by atoms with van der Waals surface area (Å²) in [5, 5.41) is 5.38. The maximum Gasteiger partial charge on any atom is 0.459 e. The number of hydrogen-bond acceptors (Lipinski definition) is 9. The summed E-state index contributed by atoms with van der Waals surface area (Å²) >= 11 is 0. The molecule has 0 fully saturated rings. The molecule has 0 aliphatic heterocycles. The minimum Gasteiger partial charge on any atom is -0.465 e. The zero-order valence-electron chi connectivity index (χ0n) is 26.8. The number of anilines is 1. The van der Waals surface area contributed by atoms with Gasteiger partial charge in [-0.25, -0.2) is 14.5 Å². The Morgan fingerprint density at radius 3 is 2.50 bits per heavy atom. The van der Waals surface area contributed by atoms with Gasteiger partial charge in [-0.05, 0) is 44.2 Å². The van der Waals surface area contributed by atoms with Crippen molar-refractivity contribution in [1.82, 2.24) is 19.6 Å². The van der Waals surface area contributed by atoms with Crippen LogP contribution in [0.2, 0.25) is 0 Å². The van der Waals surface area contributed by atoms with Crippen LogP contribution in [-0.2, 0) is 30.0 Å². The summed E-state index contributed by atoms with van der Waals surface area (Å²) in [6, 6.07) is 19.5. The number of nitrogen functional groups attached to an aromatic ring is 1. The molecule has 3 atom stereocenters. The predicted molar refractivity (Wildman–Crippen MR) is 181 cm³/mol. The number of nitrogens with two attached hydrogens (primary N) is 1. The van der Waals surface area contributed by atoms with Crippen molar-refractivity contribution in [3.05, 3.63) is 72.6 Å². The topological polar surface area (TPSA) is 140 Å². The molecule has 0 aliphatic carbocycles. The summed E-state index contributed by atoms with van der Waals surface area (Å²) in [5.74, 6) is 0.772. The first-order valence-electron chi connectivity index (χ1n) is 15.8. The molecule has 12 heteroatoms. The summed E-state index contributed by atoms with van der Waals surface area (Å²) in [4.78, 5) is 22.2. The van der Waals surface area contributed by atoms with Gasteiger partial charge in [0.05, 0.1) is 30.3 Å². The van der Waals surface area contributed by atoms with Crippen LogP contribution in [0.25, 0.3) is 32.7 Å². The number of para-hydroxylation sites is 1. The third kappa shape index (κ3) is 7.34. The van der Waals surface area contributed by atoms with Crippen molar-refractivity contribution >= 4 is 52.2 Å². The molecule has 3 N–H and O–H groups in total. The zero-order chi connectivity index (χ0) is 32.7. The van der Waals surface area contributed by atoms with Gasteiger partial charge in [0, 0.05) is 17.4 Å². The molecule has 2 heterocycles. The molecule has 0 radical (unpaired) electrons. The van der Waals surface area contributed by atoms with E-state index in [1.54, 1.807) is 13.0 Å². The average molecular weight is 648 g/mol. The molecule has 0 saturated heterocycles. The lowest BCUT2D eigenvalue weighted by Crippen LogP contribution is -2.35. The molecular formula is C34H42N5O6P. The van der Waals surface area contributed by atoms with E-state index in [1.165, 1.54) is 0 Å². The Morgan fingerprint density at radius 2 is 1.74 bits per heavy atom. The molecule has 0 saturated carbocycles. The van der Waals surface area contributed by atoms with Crippen LogP contribution in [0.1, 0.15) is 58.8 Å². The third-order valence-corrected chi connectivity index (χ3v) is 9.38. The highest BCUT2D eigenvalue weighted by Crippen LogP contribution is 2.48. The first kappa shape index (κ1) is 33.3. The number of nitrogens with one attached hydrogen (secondary N) is 1. The fraction of sp³-hybridized carbons (Fsp3) is 0.382. The number of nitrogens with zero attached hydrogens (tertiary/aromatic N) is 3. The second-order valence-electron chi connectivity index (χ2n) is 11.0. The quantitative estimate of drug-likeness (QED) is 0.0635. The van der Waals surface area contributed by atoms with Crippen LogP contribution in [-0.4, -0.2) is 46.4 Å². The lowest BCUT2D eigenvalue weighted by Gasteiger charge is -2.27. The van der Waals surface area contributed by atoms with Crippen LogP contribution >= 0.6 is 7.75 Å². The number of unbranched alkanes of at least 4 members (excludes halogenated alkanes) is 1. The van der Waals surface area contributed by atoms with E-state index in [1.807, 2.05) is 86.0 Å². The summed E-state index contributed by atoms with van der Waals surface area (Å²) in [5.41, 5.74) is 8.48. The molecule has 3 aromatic carbocycles. The summed E-state index contributed by atoms with van der Waals surface area (Å²) in [7, 11) is -4.17. The fourth-order valence-electron chi connectivity index (χ4n) is 5.34. The molecule has 0 amide bonds. The Bertz CT molecular complexity index is 1860. The van der Waals surface area contributed by atoms with Crippen molar-refractivity contribution < 1.29 is 27.9 Å². The van der Waals surface area contributed by atoms with Crippen molar-refractivity contribution in [2.24, 2.45) is 0 Å². The number of fused-ring (bicyclic) bond motifs is 4. The van der Waals surface area contributed by atoms with E-state index in [9.17, 15) is 9.36 Å². The maximum atomic E-state index is 14.6. The molecule has 11 nitrogen and oxygen atoms in total. The Hall–Kier alpha value is -4.02. The Balaban J connectivity index is 1.52. The van der Waals surface area contributed by atoms with E-state index in [0.29, 0.717) is 35.9 Å². The highest BCUT2D eigenvalue weighted by Gasteiger charge is 2.34. The van der Waals surface area contributed by atoms with E-state index in [4.69, 9.17) is 29.2 Å². The Kier molecular flexibility index (Phi) is 10.9. The van der Waals surface area contributed by atoms with Gasteiger partial charge in [0.15, 0.2) is 5.82 Å². The van der Waals surface area contributed by atoms with E-state index >= 15 is 0 Å². The van der Waals surface area contributed by atoms with Gasteiger partial charge in [0.2, 0.25) is 0 Å². The fourth-order valence-corrected chi connectivity index (χ4v) is 6.89. The zero-order valence-corrected chi connectivity index (χ0v) is 27.7. The Morgan fingerprint density at radius 1 is 1.00 bits per heavy atom. The van der Waals surface area contributed by atoms with Gasteiger partial charge < -0.3 is 24.3 Å². The largest absolute Gasteiger partial charge is 0.465 e. The second kappa shape index (κ2) is 15.0. The summed E-state index contributed by atoms with van der Waals surface area (Å²) < 4.78 is 40.2. The lowest BCUT2D eigenvalue weighted by atomic mass is 10.1. The molecule has 2 aromatic heterocycles. The van der Waals surface area contributed by atoms with Gasteiger partial charge in [0.1, 0.15) is 29.7 Å². The van der Waals surface area contributed by atoms with E-state index in [0.717, 1.165) is 40.0 Å². The number of ether oxygens (including phenoxy) is 2. The van der Waals surface area contributed by atoms with Gasteiger partial charge in [-0.15, -0.1) is 0 Å². The minimum atomic E-state index is -4.17. The second-order valence-corrected chi connectivity index (χ2v) is 12.7. The number of pyridine rings is 1. The number of carbonyl (C=O) groups excluding carboxylic acids is 1. The SMILES string of the molecule is CCCCOC(=O)[C@H](C)N[P@](=O)(OC[C@@H](CC)n1c(COCC)nc2c(N)nc3ccccc3c21)Oc1cccc2ccccc12. The van der Waals surface area contributed by atoms with Crippen molar-refractivity contribution in [2.45, 2.75) is 65.6 Å². The van der Waals surface area contributed by atoms with Gasteiger partial charge in [-0.1, -0.05) is 74.9 Å². The highest BCUT2D eigenvalue weighted by molar-refractivity contribution is 7.52. The minimum absolute atomic E-state index is 0.0374. The van der Waals surface area contributed by atoms with Crippen LogP contribution in [0.3, 0.4) is 0 Å². The highest BCUT2D eigenvalue weighted by atomic mass is 31.2. The summed E-state index contributed by atoms with van der Waals surface area (Å²) in [6.07, 6.45) is 2.20. The molecule has 0 unspecified atom stereocenters. The van der Waals surface area contributed by atoms with Crippen LogP contribution < -0.4 is 15.3 Å². The smallest absolute Gasteiger partial charge is 0.459 e. The maximum absolute atomic E-state index is 14.6. The molecule has 0 bridgehead atoms. The van der Waals surface area contributed by atoms with Gasteiger partial charge >= 0.3 is 13.7 Å². The van der Waals surface area contributed by atoms with Gasteiger partial charge in [0.25, 0.3) is 0 Å². The number of esters is 1.